The summed E-state index contributed by atoms with van der Waals surface area (Å²) in [6.45, 7) is 2.12. The van der Waals surface area contributed by atoms with Crippen molar-refractivity contribution in [3.63, 3.8) is 0 Å². The van der Waals surface area contributed by atoms with Crippen LogP contribution < -0.4 is 4.74 Å². The first-order valence-corrected chi connectivity index (χ1v) is 7.64. The highest BCUT2D eigenvalue weighted by Crippen LogP contribution is 2.28. The van der Waals surface area contributed by atoms with Crippen LogP contribution in [0, 0.1) is 11.3 Å². The predicted octanol–water partition coefficient (Wildman–Crippen LogP) is 4.35. The van der Waals surface area contributed by atoms with Gasteiger partial charge in [-0.15, -0.1) is 0 Å². The molecule has 0 saturated carbocycles. The summed E-state index contributed by atoms with van der Waals surface area (Å²) in [5.74, 6) is 0.979. The molecule has 0 radical (unpaired) electrons. The summed E-state index contributed by atoms with van der Waals surface area (Å²) < 4.78 is 10.6. The molecule has 1 atom stereocenters. The lowest BCUT2D eigenvalue weighted by atomic mass is 10.1. The molecule has 0 fully saturated rings. The van der Waals surface area contributed by atoms with Gasteiger partial charge in [0.15, 0.2) is 0 Å². The average Bonchev–Trinajstić information content (AvgIpc) is 2.56. The third kappa shape index (κ3) is 4.09. The van der Waals surface area contributed by atoms with Gasteiger partial charge < -0.3 is 9.47 Å². The minimum atomic E-state index is -0.489. The third-order valence-electron chi connectivity index (χ3n) is 2.89. The molecule has 0 aromatic heterocycles. The van der Waals surface area contributed by atoms with Gasteiger partial charge in [-0.1, -0.05) is 28.1 Å². The fourth-order valence-electron chi connectivity index (χ4n) is 1.79. The lowest BCUT2D eigenvalue weighted by Crippen LogP contribution is -2.10. The van der Waals surface area contributed by atoms with Gasteiger partial charge in [-0.2, -0.15) is 5.26 Å². The van der Waals surface area contributed by atoms with E-state index in [2.05, 4.69) is 22.0 Å². The van der Waals surface area contributed by atoms with Crippen molar-refractivity contribution in [1.82, 2.24) is 0 Å². The summed E-state index contributed by atoms with van der Waals surface area (Å²) in [5, 5.41) is 8.75. The molecule has 4 nitrogen and oxygen atoms in total. The summed E-state index contributed by atoms with van der Waals surface area (Å²) in [6, 6.07) is 16.1. The number of carbonyl (C=O) groups excluding carboxylic acids is 1. The highest BCUT2D eigenvalue weighted by Gasteiger charge is 2.18. The quantitative estimate of drug-likeness (QED) is 0.588. The van der Waals surface area contributed by atoms with E-state index >= 15 is 0 Å². The molecule has 1 unspecified atom stereocenters. The number of esters is 1. The van der Waals surface area contributed by atoms with E-state index in [4.69, 9.17) is 14.7 Å². The van der Waals surface area contributed by atoms with Crippen molar-refractivity contribution in [2.75, 3.05) is 6.61 Å². The van der Waals surface area contributed by atoms with Crippen molar-refractivity contribution >= 4 is 21.9 Å². The monoisotopic (exact) mass is 359 g/mol. The second kappa shape index (κ2) is 7.62. The Labute approximate surface area is 137 Å². The minimum Gasteiger partial charge on any atom is -0.465 e. The van der Waals surface area contributed by atoms with E-state index in [0.29, 0.717) is 23.7 Å². The van der Waals surface area contributed by atoms with Gasteiger partial charge in [0.2, 0.25) is 0 Å². The van der Waals surface area contributed by atoms with Crippen LogP contribution in [0.2, 0.25) is 0 Å². The van der Waals surface area contributed by atoms with E-state index in [9.17, 15) is 4.79 Å². The highest BCUT2D eigenvalue weighted by molar-refractivity contribution is 9.09. The molecule has 0 aliphatic heterocycles. The van der Waals surface area contributed by atoms with Gasteiger partial charge in [-0.25, -0.2) is 0 Å². The van der Waals surface area contributed by atoms with E-state index in [1.54, 1.807) is 55.5 Å². The van der Waals surface area contributed by atoms with E-state index in [-0.39, 0.29) is 5.97 Å². The summed E-state index contributed by atoms with van der Waals surface area (Å²) in [7, 11) is 0. The van der Waals surface area contributed by atoms with Crippen molar-refractivity contribution in [1.29, 1.82) is 5.26 Å². The largest absolute Gasteiger partial charge is 0.465 e. The zero-order valence-corrected chi connectivity index (χ0v) is 13.5. The zero-order chi connectivity index (χ0) is 15.9. The highest BCUT2D eigenvalue weighted by atomic mass is 79.9. The maximum Gasteiger partial charge on any atom is 0.324 e. The van der Waals surface area contributed by atoms with Crippen molar-refractivity contribution in [2.24, 2.45) is 0 Å². The molecular formula is C17H14BrNO3. The molecule has 2 rings (SSSR count). The number of nitrogens with zero attached hydrogens (tertiary/aromatic N) is 1. The van der Waals surface area contributed by atoms with Gasteiger partial charge in [-0.05, 0) is 48.9 Å². The van der Waals surface area contributed by atoms with Crippen LogP contribution in [0.5, 0.6) is 11.5 Å². The molecule has 0 amide bonds. The normalized spacial score (nSPS) is 11.3. The summed E-state index contributed by atoms with van der Waals surface area (Å²) >= 11 is 3.31. The molecule has 2 aromatic rings. The molecule has 0 aliphatic rings. The van der Waals surface area contributed by atoms with Crippen LogP contribution in [0.3, 0.4) is 0 Å². The van der Waals surface area contributed by atoms with Crippen LogP contribution >= 0.6 is 15.9 Å². The van der Waals surface area contributed by atoms with Crippen molar-refractivity contribution < 1.29 is 14.3 Å². The van der Waals surface area contributed by atoms with Gasteiger partial charge in [0.1, 0.15) is 16.3 Å². The van der Waals surface area contributed by atoms with Crippen LogP contribution in [0.4, 0.5) is 0 Å². The molecule has 0 N–H and O–H groups in total. The number of benzene rings is 2. The second-order valence-corrected chi connectivity index (χ2v) is 5.34. The van der Waals surface area contributed by atoms with Crippen molar-refractivity contribution in [3.05, 3.63) is 59.7 Å². The number of hydrogen-bond donors (Lipinski definition) is 0. The fourth-order valence-corrected chi connectivity index (χ4v) is 2.23. The molecular weight excluding hydrogens is 346 g/mol. The predicted molar refractivity (Wildman–Crippen MR) is 86.0 cm³/mol. The molecule has 2 aromatic carbocycles. The van der Waals surface area contributed by atoms with Gasteiger partial charge in [0.25, 0.3) is 0 Å². The van der Waals surface area contributed by atoms with Crippen molar-refractivity contribution in [3.8, 4) is 17.6 Å². The Morgan fingerprint density at radius 2 is 1.68 bits per heavy atom. The molecule has 0 aliphatic carbocycles. The summed E-state index contributed by atoms with van der Waals surface area (Å²) in [4.78, 5) is 11.2. The number of carbonyl (C=O) groups is 1. The van der Waals surface area contributed by atoms with Crippen LogP contribution in [0.15, 0.2) is 48.5 Å². The third-order valence-corrected chi connectivity index (χ3v) is 3.79. The molecule has 112 valence electrons. The van der Waals surface area contributed by atoms with E-state index in [1.165, 1.54) is 0 Å². The molecule has 0 heterocycles. The minimum absolute atomic E-state index is 0.316. The topological polar surface area (TPSA) is 59.3 Å². The van der Waals surface area contributed by atoms with E-state index in [1.807, 2.05) is 0 Å². The Morgan fingerprint density at radius 1 is 1.14 bits per heavy atom. The SMILES string of the molecule is CCOC(=O)C(Br)c1ccc(Oc2ccc(C#N)cc2)cc1. The second-order valence-electron chi connectivity index (χ2n) is 4.42. The maximum atomic E-state index is 11.7. The molecule has 0 spiro atoms. The molecule has 22 heavy (non-hydrogen) atoms. The number of rotatable bonds is 5. The molecule has 0 saturated heterocycles. The number of hydrogen-bond acceptors (Lipinski definition) is 4. The smallest absolute Gasteiger partial charge is 0.324 e. The first-order chi connectivity index (χ1) is 10.6. The van der Waals surface area contributed by atoms with Crippen LogP contribution in [0.1, 0.15) is 22.9 Å². The van der Waals surface area contributed by atoms with Crippen LogP contribution in [0.25, 0.3) is 0 Å². The van der Waals surface area contributed by atoms with Gasteiger partial charge in [0, 0.05) is 0 Å². The Bertz CT molecular complexity index is 675. The van der Waals surface area contributed by atoms with E-state index < -0.39 is 4.83 Å². The van der Waals surface area contributed by atoms with Crippen molar-refractivity contribution in [2.45, 2.75) is 11.8 Å². The number of alkyl halides is 1. The summed E-state index contributed by atoms with van der Waals surface area (Å²) in [6.07, 6.45) is 0. The Hall–Kier alpha value is -2.32. The molecule has 0 bridgehead atoms. The van der Waals surface area contributed by atoms with Crippen LogP contribution in [-0.4, -0.2) is 12.6 Å². The van der Waals surface area contributed by atoms with Gasteiger partial charge in [-0.3, -0.25) is 4.79 Å². The number of halogens is 1. The lowest BCUT2D eigenvalue weighted by molar-refractivity contribution is -0.142. The lowest BCUT2D eigenvalue weighted by Gasteiger charge is -2.10. The first-order valence-electron chi connectivity index (χ1n) is 6.72. The maximum absolute atomic E-state index is 11.7. The first kappa shape index (κ1) is 16.1. The van der Waals surface area contributed by atoms with E-state index in [0.717, 1.165) is 5.56 Å². The molecule has 5 heteroatoms. The van der Waals surface area contributed by atoms with Gasteiger partial charge >= 0.3 is 5.97 Å². The zero-order valence-electron chi connectivity index (χ0n) is 12.0. The number of nitriles is 1. The fraction of sp³-hybridized carbons (Fsp3) is 0.176. The average molecular weight is 360 g/mol. The summed E-state index contributed by atoms with van der Waals surface area (Å²) in [5.41, 5.74) is 1.38. The van der Waals surface area contributed by atoms with Gasteiger partial charge in [0.05, 0.1) is 18.2 Å². The number of ether oxygens (including phenoxy) is 2. The Morgan fingerprint density at radius 3 is 2.18 bits per heavy atom. The standard InChI is InChI=1S/C17H14BrNO3/c1-2-21-17(20)16(18)13-5-9-15(10-6-13)22-14-7-3-12(11-19)4-8-14/h3-10,16H,2H2,1H3. The van der Waals surface area contributed by atoms with Crippen LogP contribution in [-0.2, 0) is 9.53 Å². The Kier molecular flexibility index (Phi) is 5.56. The Balaban J connectivity index is 2.05.